The third-order valence-corrected chi connectivity index (χ3v) is 2.43. The third kappa shape index (κ3) is 9.36. The second kappa shape index (κ2) is 11.6. The molecular formula is C5H11Na3O8S. The summed E-state index contributed by atoms with van der Waals surface area (Å²) in [5.41, 5.74) is 0. The molecule has 2 unspecified atom stereocenters. The number of hydrogen-bond acceptors (Lipinski definition) is 5. The maximum atomic E-state index is 10.5. The average Bonchev–Trinajstić information content (AvgIpc) is 1.95. The fourth-order valence-electron chi connectivity index (χ4n) is 0.767. The predicted octanol–water partition coefficient (Wildman–Crippen LogP) is -10.2. The Labute approximate surface area is 169 Å². The largest absolute Gasteiger partial charge is 1.00 e. The van der Waals surface area contributed by atoms with Gasteiger partial charge in [0.15, 0.2) is 6.10 Å². The molecule has 0 aromatic carbocycles. The van der Waals surface area contributed by atoms with E-state index in [1.807, 2.05) is 0 Å². The maximum absolute atomic E-state index is 10.5. The summed E-state index contributed by atoms with van der Waals surface area (Å²) in [6.07, 6.45) is -2.15. The standard InChI is InChI=1S/C5H8O8S.3Na.3H/c1-13-2(4(6)7)3(5(8)9)14(10,11)12;;;;;;/h2-3H,1H3,(H,6,7)(H,8,9)(H,10,11,12);;;;;;/q;3*+1;3*-1. The zero-order chi connectivity index (χ0) is 11.5. The Morgan fingerprint density at radius 3 is 1.53 bits per heavy atom. The summed E-state index contributed by atoms with van der Waals surface area (Å²) in [5.74, 6) is -3.79. The van der Waals surface area contributed by atoms with E-state index in [1.165, 1.54) is 0 Å². The Balaban J connectivity index is -0.0000000563. The van der Waals surface area contributed by atoms with Gasteiger partial charge < -0.3 is 19.2 Å². The molecule has 3 N–H and O–H groups in total. The first kappa shape index (κ1) is 27.2. The van der Waals surface area contributed by atoms with Crippen molar-refractivity contribution in [3.8, 4) is 0 Å². The van der Waals surface area contributed by atoms with Crippen molar-refractivity contribution in [3.05, 3.63) is 0 Å². The van der Waals surface area contributed by atoms with Crippen molar-refractivity contribution in [2.24, 2.45) is 0 Å². The van der Waals surface area contributed by atoms with Crippen molar-refractivity contribution in [2.45, 2.75) is 11.4 Å². The topological polar surface area (TPSA) is 138 Å². The van der Waals surface area contributed by atoms with Crippen LogP contribution >= 0.6 is 0 Å². The maximum Gasteiger partial charge on any atom is 1.00 e. The zero-order valence-corrected chi connectivity index (χ0v) is 16.8. The molecule has 0 heterocycles. The van der Waals surface area contributed by atoms with Gasteiger partial charge in [-0.1, -0.05) is 0 Å². The molecule has 0 radical (unpaired) electrons. The van der Waals surface area contributed by atoms with Crippen LogP contribution in [0.5, 0.6) is 0 Å². The van der Waals surface area contributed by atoms with Gasteiger partial charge in [0.2, 0.25) is 5.25 Å². The van der Waals surface area contributed by atoms with E-state index in [0.717, 1.165) is 7.11 Å². The van der Waals surface area contributed by atoms with E-state index in [0.29, 0.717) is 0 Å². The summed E-state index contributed by atoms with van der Waals surface area (Å²) >= 11 is 0. The normalized spacial score (nSPS) is 13.1. The first-order valence-corrected chi connectivity index (χ1v) is 4.66. The molecule has 0 rings (SSSR count). The van der Waals surface area contributed by atoms with Crippen LogP contribution in [0.15, 0.2) is 0 Å². The molecular weight excluding hydrogens is 289 g/mol. The molecule has 0 amide bonds. The molecule has 17 heavy (non-hydrogen) atoms. The van der Waals surface area contributed by atoms with Crippen molar-refractivity contribution in [1.82, 2.24) is 0 Å². The van der Waals surface area contributed by atoms with Crippen LogP contribution in [-0.2, 0) is 24.4 Å². The van der Waals surface area contributed by atoms with Gasteiger partial charge in [-0.15, -0.1) is 0 Å². The Hall–Kier alpha value is 1.81. The van der Waals surface area contributed by atoms with Gasteiger partial charge in [0.05, 0.1) is 0 Å². The molecule has 0 fully saturated rings. The number of aliphatic carboxylic acids is 2. The molecule has 88 valence electrons. The molecule has 0 bridgehead atoms. The Morgan fingerprint density at radius 1 is 1.12 bits per heavy atom. The molecule has 12 heteroatoms. The average molecular weight is 300 g/mol. The van der Waals surface area contributed by atoms with E-state index < -0.39 is 33.4 Å². The van der Waals surface area contributed by atoms with Crippen LogP contribution in [0, 0.1) is 0 Å². The zero-order valence-electron chi connectivity index (χ0n) is 12.9. The quantitative estimate of drug-likeness (QED) is 0.336. The number of carboxylic acids is 2. The number of carbonyl (C=O) groups is 2. The van der Waals surface area contributed by atoms with E-state index in [9.17, 15) is 18.0 Å². The molecule has 0 saturated heterocycles. The number of ether oxygens (including phenoxy) is 1. The van der Waals surface area contributed by atoms with E-state index in [1.54, 1.807) is 0 Å². The van der Waals surface area contributed by atoms with Gasteiger partial charge in [-0.05, 0) is 0 Å². The minimum Gasteiger partial charge on any atom is -1.00 e. The predicted molar refractivity (Wildman–Crippen MR) is 44.7 cm³/mol. The summed E-state index contributed by atoms with van der Waals surface area (Å²) in [6, 6.07) is 0. The van der Waals surface area contributed by atoms with Gasteiger partial charge in [-0.3, -0.25) is 9.35 Å². The van der Waals surface area contributed by atoms with Crippen LogP contribution < -0.4 is 88.7 Å². The first-order valence-electron chi connectivity index (χ1n) is 3.16. The van der Waals surface area contributed by atoms with Crippen LogP contribution in [0.1, 0.15) is 4.28 Å². The van der Waals surface area contributed by atoms with Gasteiger partial charge in [-0.25, -0.2) is 4.79 Å². The first-order chi connectivity index (χ1) is 6.21. The van der Waals surface area contributed by atoms with E-state index in [2.05, 4.69) is 4.74 Å². The number of hydrogen-bond donors (Lipinski definition) is 3. The van der Waals surface area contributed by atoms with Crippen molar-refractivity contribution >= 4 is 22.1 Å². The summed E-state index contributed by atoms with van der Waals surface area (Å²) < 4.78 is 33.6. The summed E-state index contributed by atoms with van der Waals surface area (Å²) in [7, 11) is -4.21. The van der Waals surface area contributed by atoms with Gasteiger partial charge in [-0.2, -0.15) is 8.42 Å². The summed E-state index contributed by atoms with van der Waals surface area (Å²) in [4.78, 5) is 20.7. The number of carboxylic acid groups (broad SMARTS) is 2. The van der Waals surface area contributed by atoms with Gasteiger partial charge in [0, 0.05) is 7.11 Å². The Bertz CT molecular complexity index is 353. The molecule has 8 nitrogen and oxygen atoms in total. The fourth-order valence-corrected chi connectivity index (χ4v) is 1.56. The Kier molecular flexibility index (Phi) is 18.6. The number of rotatable bonds is 5. The van der Waals surface area contributed by atoms with Crippen LogP contribution in [0.25, 0.3) is 0 Å². The molecule has 0 aliphatic rings. The second-order valence-electron chi connectivity index (χ2n) is 2.27. The van der Waals surface area contributed by atoms with E-state index in [4.69, 9.17) is 14.8 Å². The van der Waals surface area contributed by atoms with Crippen molar-refractivity contribution in [1.29, 1.82) is 0 Å². The van der Waals surface area contributed by atoms with Gasteiger partial charge in [0.25, 0.3) is 10.1 Å². The van der Waals surface area contributed by atoms with E-state index >= 15 is 0 Å². The van der Waals surface area contributed by atoms with Gasteiger partial charge in [0.1, 0.15) is 0 Å². The third-order valence-electron chi connectivity index (χ3n) is 1.34. The minimum absolute atomic E-state index is 0. The SMILES string of the molecule is COC(C(=O)O)C(C(=O)O)S(=O)(=O)O.[H-].[H-].[H-].[Na+].[Na+].[Na+]. The van der Waals surface area contributed by atoms with Crippen molar-refractivity contribution < 1.29 is 130 Å². The van der Waals surface area contributed by atoms with Crippen LogP contribution in [0.3, 0.4) is 0 Å². The molecule has 0 aliphatic carbocycles. The summed E-state index contributed by atoms with van der Waals surface area (Å²) in [6.45, 7) is 0. The monoisotopic (exact) mass is 300 g/mol. The molecule has 0 aromatic heterocycles. The molecule has 0 saturated carbocycles. The molecule has 0 aromatic rings. The van der Waals surface area contributed by atoms with Crippen LogP contribution in [0.4, 0.5) is 0 Å². The Morgan fingerprint density at radius 2 is 1.47 bits per heavy atom. The smallest absolute Gasteiger partial charge is 1.00 e. The molecule has 0 aliphatic heterocycles. The second-order valence-corrected chi connectivity index (χ2v) is 3.81. The molecule has 0 spiro atoms. The fraction of sp³-hybridized carbons (Fsp3) is 0.600. The number of methoxy groups -OCH3 is 1. The minimum atomic E-state index is -5.03. The van der Waals surface area contributed by atoms with Crippen molar-refractivity contribution in [3.63, 3.8) is 0 Å². The van der Waals surface area contributed by atoms with Crippen molar-refractivity contribution in [2.75, 3.05) is 7.11 Å². The van der Waals surface area contributed by atoms with Crippen LogP contribution in [-0.4, -0.2) is 53.6 Å². The van der Waals surface area contributed by atoms with Gasteiger partial charge >= 0.3 is 101 Å². The molecule has 2 atom stereocenters. The van der Waals surface area contributed by atoms with E-state index in [-0.39, 0.29) is 93.0 Å². The summed E-state index contributed by atoms with van der Waals surface area (Å²) in [5, 5.41) is 14.2. The van der Waals surface area contributed by atoms with Crippen LogP contribution in [0.2, 0.25) is 0 Å².